The molecule has 0 aliphatic rings. The number of nitrogen functional groups attached to an aromatic ring is 1. The Labute approximate surface area is 121 Å². The molecular weight excluding hydrogens is 276 g/mol. The fraction of sp³-hybridized carbons (Fsp3) is 0.571. The topological polar surface area (TPSA) is 92.4 Å². The van der Waals surface area contributed by atoms with Gasteiger partial charge in [-0.1, -0.05) is 12.8 Å². The van der Waals surface area contributed by atoms with Crippen LogP contribution in [-0.2, 0) is 10.0 Å². The van der Waals surface area contributed by atoms with Crippen LogP contribution in [0.1, 0.15) is 36.8 Å². The highest BCUT2D eigenvalue weighted by Crippen LogP contribution is 2.21. The Balaban J connectivity index is 2.61. The average molecular weight is 300 g/mol. The maximum absolute atomic E-state index is 12.1. The van der Waals surface area contributed by atoms with Gasteiger partial charge in [-0.3, -0.25) is 0 Å². The molecule has 0 atom stereocenters. The van der Waals surface area contributed by atoms with Gasteiger partial charge in [0, 0.05) is 18.8 Å². The Bertz CT molecular complexity index is 518. The van der Waals surface area contributed by atoms with E-state index in [1.165, 1.54) is 6.07 Å². The first-order valence-electron chi connectivity index (χ1n) is 6.85. The number of unbranched alkanes of at least 4 members (excludes halogenated alkanes) is 3. The van der Waals surface area contributed by atoms with Gasteiger partial charge in [-0.25, -0.2) is 13.1 Å². The lowest BCUT2D eigenvalue weighted by molar-refractivity contribution is 0.282. The Morgan fingerprint density at radius 1 is 1.15 bits per heavy atom. The summed E-state index contributed by atoms with van der Waals surface area (Å²) in [5.74, 6) is 0. The molecule has 0 radical (unpaired) electrons. The molecule has 0 aromatic heterocycles. The van der Waals surface area contributed by atoms with Gasteiger partial charge in [0.15, 0.2) is 0 Å². The number of aliphatic hydroxyl groups is 1. The van der Waals surface area contributed by atoms with Gasteiger partial charge >= 0.3 is 0 Å². The molecule has 114 valence electrons. The van der Waals surface area contributed by atoms with Crippen molar-refractivity contribution < 1.29 is 13.5 Å². The molecule has 0 spiro atoms. The molecule has 0 saturated carbocycles. The molecule has 1 aromatic rings. The highest BCUT2D eigenvalue weighted by Gasteiger charge is 2.15. The van der Waals surface area contributed by atoms with E-state index in [1.54, 1.807) is 6.07 Å². The molecule has 0 fully saturated rings. The summed E-state index contributed by atoms with van der Waals surface area (Å²) < 4.78 is 26.8. The van der Waals surface area contributed by atoms with Gasteiger partial charge in [0.05, 0.1) is 4.90 Å². The van der Waals surface area contributed by atoms with Gasteiger partial charge in [0.2, 0.25) is 10.0 Å². The molecule has 6 heteroatoms. The Morgan fingerprint density at radius 3 is 2.40 bits per heavy atom. The molecule has 0 amide bonds. The largest absolute Gasteiger partial charge is 0.398 e. The molecule has 1 aromatic carbocycles. The second-order valence-electron chi connectivity index (χ2n) is 4.99. The van der Waals surface area contributed by atoms with Crippen molar-refractivity contribution in [1.82, 2.24) is 4.72 Å². The van der Waals surface area contributed by atoms with Gasteiger partial charge in [-0.15, -0.1) is 0 Å². The van der Waals surface area contributed by atoms with E-state index < -0.39 is 10.0 Å². The number of benzene rings is 1. The third kappa shape index (κ3) is 4.77. The van der Waals surface area contributed by atoms with Gasteiger partial charge in [-0.05, 0) is 49.9 Å². The first kappa shape index (κ1) is 16.9. The lowest BCUT2D eigenvalue weighted by Gasteiger charge is -2.10. The Morgan fingerprint density at radius 2 is 1.80 bits per heavy atom. The van der Waals surface area contributed by atoms with Crippen LogP contribution >= 0.6 is 0 Å². The van der Waals surface area contributed by atoms with Crippen LogP contribution in [0.2, 0.25) is 0 Å². The number of rotatable bonds is 8. The highest BCUT2D eigenvalue weighted by atomic mass is 32.2. The second-order valence-corrected chi connectivity index (χ2v) is 6.76. The van der Waals surface area contributed by atoms with Crippen molar-refractivity contribution in [1.29, 1.82) is 0 Å². The van der Waals surface area contributed by atoms with E-state index in [2.05, 4.69) is 4.72 Å². The van der Waals surface area contributed by atoms with Crippen molar-refractivity contribution in [2.75, 3.05) is 18.9 Å². The predicted octanol–water partition coefficient (Wildman–Crippen LogP) is 1.72. The molecule has 5 nitrogen and oxygen atoms in total. The van der Waals surface area contributed by atoms with E-state index in [9.17, 15) is 8.42 Å². The number of anilines is 1. The van der Waals surface area contributed by atoms with Crippen LogP contribution in [0, 0.1) is 13.8 Å². The van der Waals surface area contributed by atoms with Gasteiger partial charge in [-0.2, -0.15) is 0 Å². The quantitative estimate of drug-likeness (QED) is 0.503. The normalized spacial score (nSPS) is 11.8. The van der Waals surface area contributed by atoms with Crippen LogP contribution in [0.3, 0.4) is 0 Å². The second kappa shape index (κ2) is 7.61. The minimum absolute atomic E-state index is 0.188. The highest BCUT2D eigenvalue weighted by molar-refractivity contribution is 7.89. The van der Waals surface area contributed by atoms with E-state index in [-0.39, 0.29) is 11.5 Å². The van der Waals surface area contributed by atoms with Crippen molar-refractivity contribution >= 4 is 15.7 Å². The number of aryl methyl sites for hydroxylation is 1. The van der Waals surface area contributed by atoms with Crippen LogP contribution in [0.5, 0.6) is 0 Å². The minimum atomic E-state index is -3.49. The molecule has 0 aliphatic heterocycles. The molecule has 0 heterocycles. The molecule has 4 N–H and O–H groups in total. The number of aliphatic hydroxyl groups excluding tert-OH is 1. The summed E-state index contributed by atoms with van der Waals surface area (Å²) in [6, 6.07) is 3.14. The fourth-order valence-electron chi connectivity index (χ4n) is 1.89. The molecule has 0 bridgehead atoms. The Hall–Kier alpha value is -1.11. The van der Waals surface area contributed by atoms with E-state index >= 15 is 0 Å². The zero-order valence-electron chi connectivity index (χ0n) is 12.1. The van der Waals surface area contributed by atoms with Gasteiger partial charge < -0.3 is 10.8 Å². The monoisotopic (exact) mass is 300 g/mol. The molecular formula is C14H24N2O3S. The zero-order chi connectivity index (χ0) is 15.2. The third-order valence-corrected chi connectivity index (χ3v) is 4.81. The number of sulfonamides is 1. The predicted molar refractivity (Wildman–Crippen MR) is 81.1 cm³/mol. The standard InChI is InChI=1S/C14H24N2O3S/c1-11-9-13(10-14(15)12(11)2)20(18,19)16-7-5-3-4-6-8-17/h9-10,16-17H,3-8,15H2,1-2H3. The molecule has 1 rings (SSSR count). The summed E-state index contributed by atoms with van der Waals surface area (Å²) >= 11 is 0. The van der Waals surface area contributed by atoms with Crippen molar-refractivity contribution in [3.05, 3.63) is 23.3 Å². The van der Waals surface area contributed by atoms with Crippen molar-refractivity contribution in [2.24, 2.45) is 0 Å². The maximum Gasteiger partial charge on any atom is 0.240 e. The summed E-state index contributed by atoms with van der Waals surface area (Å²) in [6.45, 7) is 4.31. The minimum Gasteiger partial charge on any atom is -0.398 e. The third-order valence-electron chi connectivity index (χ3n) is 3.37. The van der Waals surface area contributed by atoms with Gasteiger partial charge in [0.25, 0.3) is 0 Å². The number of nitrogens with two attached hydrogens (primary N) is 1. The maximum atomic E-state index is 12.1. The first-order chi connectivity index (χ1) is 9.38. The van der Waals surface area contributed by atoms with Crippen LogP contribution in [0.15, 0.2) is 17.0 Å². The van der Waals surface area contributed by atoms with Gasteiger partial charge in [0.1, 0.15) is 0 Å². The van der Waals surface area contributed by atoms with Crippen LogP contribution < -0.4 is 10.5 Å². The molecule has 0 aliphatic carbocycles. The first-order valence-corrected chi connectivity index (χ1v) is 8.34. The van der Waals surface area contributed by atoms with E-state index in [4.69, 9.17) is 10.8 Å². The summed E-state index contributed by atoms with van der Waals surface area (Å²) in [5, 5.41) is 8.65. The number of hydrogen-bond acceptors (Lipinski definition) is 4. The SMILES string of the molecule is Cc1cc(S(=O)(=O)NCCCCCCO)cc(N)c1C. The van der Waals surface area contributed by atoms with E-state index in [0.717, 1.165) is 36.8 Å². The van der Waals surface area contributed by atoms with E-state index in [1.807, 2.05) is 13.8 Å². The zero-order valence-corrected chi connectivity index (χ0v) is 13.0. The van der Waals surface area contributed by atoms with Crippen LogP contribution in [0.25, 0.3) is 0 Å². The van der Waals surface area contributed by atoms with Crippen molar-refractivity contribution in [3.8, 4) is 0 Å². The van der Waals surface area contributed by atoms with Crippen LogP contribution in [-0.4, -0.2) is 26.7 Å². The van der Waals surface area contributed by atoms with Crippen molar-refractivity contribution in [3.63, 3.8) is 0 Å². The smallest absolute Gasteiger partial charge is 0.240 e. The Kier molecular flexibility index (Phi) is 6.45. The van der Waals surface area contributed by atoms with E-state index in [0.29, 0.717) is 12.2 Å². The summed E-state index contributed by atoms with van der Waals surface area (Å²) in [7, 11) is -3.49. The summed E-state index contributed by atoms with van der Waals surface area (Å²) in [4.78, 5) is 0.216. The number of hydrogen-bond donors (Lipinski definition) is 3. The van der Waals surface area contributed by atoms with Crippen LogP contribution in [0.4, 0.5) is 5.69 Å². The lowest BCUT2D eigenvalue weighted by Crippen LogP contribution is -2.25. The summed E-state index contributed by atoms with van der Waals surface area (Å²) in [5.41, 5.74) is 8.08. The lowest BCUT2D eigenvalue weighted by atomic mass is 10.1. The molecule has 20 heavy (non-hydrogen) atoms. The average Bonchev–Trinajstić information content (AvgIpc) is 2.39. The fourth-order valence-corrected chi connectivity index (χ4v) is 3.08. The van der Waals surface area contributed by atoms with Crippen molar-refractivity contribution in [2.45, 2.75) is 44.4 Å². The molecule has 0 saturated heterocycles. The number of nitrogens with one attached hydrogen (secondary N) is 1. The summed E-state index contributed by atoms with van der Waals surface area (Å²) in [6.07, 6.45) is 3.34. The molecule has 0 unspecified atom stereocenters.